The highest BCUT2D eigenvalue weighted by Crippen LogP contribution is 2.33. The van der Waals surface area contributed by atoms with Crippen molar-refractivity contribution in [2.24, 2.45) is 0 Å². The summed E-state index contributed by atoms with van der Waals surface area (Å²) in [5, 5.41) is 5.47. The molecule has 0 aliphatic heterocycles. The minimum absolute atomic E-state index is 0.0951. The number of methoxy groups -OCH3 is 1. The molecule has 3 aromatic rings. The quantitative estimate of drug-likeness (QED) is 0.317. The van der Waals surface area contributed by atoms with Crippen LogP contribution in [-0.4, -0.2) is 33.4 Å². The van der Waals surface area contributed by atoms with Crippen molar-refractivity contribution in [2.75, 3.05) is 13.7 Å². The zero-order valence-corrected chi connectivity index (χ0v) is 17.0. The predicted octanol–water partition coefficient (Wildman–Crippen LogP) is 3.89. The molecular formula is C18H21ClN4O3S. The lowest BCUT2D eigenvalue weighted by Crippen LogP contribution is -2.24. The molecule has 0 spiro atoms. The van der Waals surface area contributed by atoms with Crippen molar-refractivity contribution in [2.45, 2.75) is 43.6 Å². The molecule has 1 atom stereocenters. The molecule has 0 aliphatic carbocycles. The van der Waals surface area contributed by atoms with Gasteiger partial charge in [-0.15, -0.1) is 0 Å². The standard InChI is InChI=1S/C18H21ClN4O3S/c1-4-15-21-16(26-22-15)11(2)27-18-20-14-10-12(19)6-7-13(14)17(24)23(18)8-5-9-25-3/h6-7,10-11H,4-5,8-9H2,1-3H3. The SMILES string of the molecule is CCc1noc(C(C)Sc2nc3cc(Cl)ccc3c(=O)n2CCCOC)n1. The first-order valence-electron chi connectivity index (χ1n) is 8.71. The monoisotopic (exact) mass is 408 g/mol. The number of aromatic nitrogens is 4. The summed E-state index contributed by atoms with van der Waals surface area (Å²) in [4.78, 5) is 22.1. The zero-order valence-electron chi connectivity index (χ0n) is 15.4. The third-order valence-electron chi connectivity index (χ3n) is 4.04. The Balaban J connectivity index is 1.99. The van der Waals surface area contributed by atoms with Crippen LogP contribution in [-0.2, 0) is 17.7 Å². The molecule has 0 amide bonds. The average molecular weight is 409 g/mol. The van der Waals surface area contributed by atoms with Gasteiger partial charge in [0.25, 0.3) is 5.56 Å². The molecule has 0 aliphatic rings. The third kappa shape index (κ3) is 4.51. The minimum Gasteiger partial charge on any atom is -0.385 e. The van der Waals surface area contributed by atoms with Gasteiger partial charge in [-0.3, -0.25) is 9.36 Å². The van der Waals surface area contributed by atoms with Crippen molar-refractivity contribution >= 4 is 34.3 Å². The summed E-state index contributed by atoms with van der Waals surface area (Å²) in [6.45, 7) is 4.99. The fourth-order valence-electron chi connectivity index (χ4n) is 2.61. The number of hydrogen-bond donors (Lipinski definition) is 0. The van der Waals surface area contributed by atoms with Crippen molar-refractivity contribution in [3.63, 3.8) is 0 Å². The molecule has 27 heavy (non-hydrogen) atoms. The average Bonchev–Trinajstić information content (AvgIpc) is 3.13. The molecule has 0 radical (unpaired) electrons. The molecule has 1 unspecified atom stereocenters. The summed E-state index contributed by atoms with van der Waals surface area (Å²) in [6.07, 6.45) is 1.41. The van der Waals surface area contributed by atoms with Crippen LogP contribution in [0.15, 0.2) is 32.7 Å². The fourth-order valence-corrected chi connectivity index (χ4v) is 3.74. The third-order valence-corrected chi connectivity index (χ3v) is 5.36. The van der Waals surface area contributed by atoms with E-state index in [1.165, 1.54) is 11.8 Å². The van der Waals surface area contributed by atoms with Crippen molar-refractivity contribution in [3.8, 4) is 0 Å². The van der Waals surface area contributed by atoms with E-state index in [-0.39, 0.29) is 10.8 Å². The van der Waals surface area contributed by atoms with E-state index in [0.29, 0.717) is 58.8 Å². The summed E-state index contributed by atoms with van der Waals surface area (Å²) in [7, 11) is 1.64. The largest absolute Gasteiger partial charge is 0.385 e. The second-order valence-electron chi connectivity index (χ2n) is 6.02. The number of ether oxygens (including phenoxy) is 1. The summed E-state index contributed by atoms with van der Waals surface area (Å²) < 4.78 is 12.1. The second kappa shape index (κ2) is 8.86. The summed E-state index contributed by atoms with van der Waals surface area (Å²) in [6, 6.07) is 5.12. The van der Waals surface area contributed by atoms with Gasteiger partial charge in [0.1, 0.15) is 0 Å². The van der Waals surface area contributed by atoms with Crippen molar-refractivity contribution in [1.82, 2.24) is 19.7 Å². The molecule has 2 aromatic heterocycles. The van der Waals surface area contributed by atoms with Gasteiger partial charge in [-0.25, -0.2) is 4.98 Å². The molecule has 0 N–H and O–H groups in total. The molecular weight excluding hydrogens is 388 g/mol. The number of fused-ring (bicyclic) bond motifs is 1. The molecule has 0 saturated heterocycles. The Hall–Kier alpha value is -1.90. The van der Waals surface area contributed by atoms with Crippen molar-refractivity contribution < 1.29 is 9.26 Å². The van der Waals surface area contributed by atoms with Gasteiger partial charge in [-0.1, -0.05) is 35.4 Å². The predicted molar refractivity (Wildman–Crippen MR) is 105 cm³/mol. The van der Waals surface area contributed by atoms with E-state index < -0.39 is 0 Å². The number of halogens is 1. The van der Waals surface area contributed by atoms with Crippen LogP contribution in [0.4, 0.5) is 0 Å². The molecule has 0 fully saturated rings. The lowest BCUT2D eigenvalue weighted by molar-refractivity contribution is 0.189. The number of benzene rings is 1. The highest BCUT2D eigenvalue weighted by molar-refractivity contribution is 7.99. The molecule has 0 saturated carbocycles. The minimum atomic E-state index is -0.144. The fraction of sp³-hybridized carbons (Fsp3) is 0.444. The Labute approximate surface area is 166 Å². The molecule has 144 valence electrons. The number of hydrogen-bond acceptors (Lipinski definition) is 7. The number of aryl methyl sites for hydroxylation is 1. The maximum absolute atomic E-state index is 13.0. The van der Waals surface area contributed by atoms with Crippen LogP contribution in [0.1, 0.15) is 37.2 Å². The highest BCUT2D eigenvalue weighted by atomic mass is 35.5. The van der Waals surface area contributed by atoms with Crippen LogP contribution in [0.2, 0.25) is 5.02 Å². The molecule has 0 bridgehead atoms. The van der Waals surface area contributed by atoms with Crippen LogP contribution >= 0.6 is 23.4 Å². The van der Waals surface area contributed by atoms with Gasteiger partial charge >= 0.3 is 0 Å². The maximum atomic E-state index is 13.0. The Morgan fingerprint density at radius 3 is 2.89 bits per heavy atom. The van der Waals surface area contributed by atoms with Gasteiger partial charge in [-0.2, -0.15) is 4.98 Å². The summed E-state index contributed by atoms with van der Waals surface area (Å²) >= 11 is 7.49. The smallest absolute Gasteiger partial charge is 0.262 e. The molecule has 3 rings (SSSR count). The Morgan fingerprint density at radius 1 is 1.37 bits per heavy atom. The van der Waals surface area contributed by atoms with Crippen molar-refractivity contribution in [1.29, 1.82) is 0 Å². The van der Waals surface area contributed by atoms with Gasteiger partial charge in [-0.05, 0) is 31.5 Å². The zero-order chi connectivity index (χ0) is 19.4. The summed E-state index contributed by atoms with van der Waals surface area (Å²) in [5.41, 5.74) is 0.479. The van der Waals surface area contributed by atoms with Gasteiger partial charge in [0.15, 0.2) is 11.0 Å². The first kappa shape index (κ1) is 19.9. The topological polar surface area (TPSA) is 83.0 Å². The number of rotatable bonds is 8. The van der Waals surface area contributed by atoms with Gasteiger partial charge < -0.3 is 9.26 Å². The van der Waals surface area contributed by atoms with E-state index in [1.54, 1.807) is 29.9 Å². The van der Waals surface area contributed by atoms with E-state index >= 15 is 0 Å². The Morgan fingerprint density at radius 2 is 2.19 bits per heavy atom. The molecule has 9 heteroatoms. The molecule has 7 nitrogen and oxygen atoms in total. The van der Waals surface area contributed by atoms with Crippen LogP contribution in [0, 0.1) is 0 Å². The first-order chi connectivity index (χ1) is 13.0. The maximum Gasteiger partial charge on any atom is 0.262 e. The van der Waals surface area contributed by atoms with Gasteiger partial charge in [0.2, 0.25) is 5.89 Å². The van der Waals surface area contributed by atoms with E-state index in [2.05, 4.69) is 15.1 Å². The van der Waals surface area contributed by atoms with Gasteiger partial charge in [0.05, 0.1) is 16.2 Å². The normalized spacial score (nSPS) is 12.6. The van der Waals surface area contributed by atoms with Gasteiger partial charge in [0, 0.05) is 31.7 Å². The van der Waals surface area contributed by atoms with E-state index in [1.807, 2.05) is 13.8 Å². The van der Waals surface area contributed by atoms with E-state index in [4.69, 9.17) is 20.9 Å². The highest BCUT2D eigenvalue weighted by Gasteiger charge is 2.20. The van der Waals surface area contributed by atoms with Crippen LogP contribution in [0.25, 0.3) is 10.9 Å². The summed E-state index contributed by atoms with van der Waals surface area (Å²) in [5.74, 6) is 1.17. The second-order valence-corrected chi connectivity index (χ2v) is 7.77. The van der Waals surface area contributed by atoms with E-state index in [9.17, 15) is 4.79 Å². The van der Waals surface area contributed by atoms with Crippen LogP contribution in [0.3, 0.4) is 0 Å². The lowest BCUT2D eigenvalue weighted by Gasteiger charge is -2.14. The van der Waals surface area contributed by atoms with E-state index in [0.717, 1.165) is 0 Å². The lowest BCUT2D eigenvalue weighted by atomic mass is 10.2. The number of thioether (sulfide) groups is 1. The first-order valence-corrected chi connectivity index (χ1v) is 9.97. The van der Waals surface area contributed by atoms with Crippen LogP contribution < -0.4 is 5.56 Å². The number of nitrogens with zero attached hydrogens (tertiary/aromatic N) is 4. The molecule has 1 aromatic carbocycles. The van der Waals surface area contributed by atoms with Crippen LogP contribution in [0.5, 0.6) is 0 Å². The van der Waals surface area contributed by atoms with Crippen molar-refractivity contribution in [3.05, 3.63) is 45.3 Å². The molecule has 2 heterocycles. The Kier molecular flexibility index (Phi) is 6.51. The Bertz CT molecular complexity index is 988.